The molecule has 0 spiro atoms. The third-order valence-electron chi connectivity index (χ3n) is 5.59. The number of nitrogens with zero attached hydrogens (tertiary/aromatic N) is 2. The zero-order valence-corrected chi connectivity index (χ0v) is 18.1. The molecule has 1 aliphatic heterocycles. The molecule has 9 heteroatoms. The summed E-state index contributed by atoms with van der Waals surface area (Å²) < 4.78 is 14.7. The molecule has 1 amide bonds. The van der Waals surface area contributed by atoms with Crippen LogP contribution >= 0.6 is 11.3 Å². The summed E-state index contributed by atoms with van der Waals surface area (Å²) in [4.78, 5) is 30.4. The summed E-state index contributed by atoms with van der Waals surface area (Å²) in [5, 5.41) is 14.1. The minimum Gasteiger partial charge on any atom is -0.478 e. The molecule has 7 nitrogen and oxygen atoms in total. The molecule has 2 heterocycles. The maximum Gasteiger partial charge on any atom is 0.335 e. The van der Waals surface area contributed by atoms with Crippen LogP contribution in [0.4, 0.5) is 15.8 Å². The molecule has 1 fully saturated rings. The third-order valence-corrected chi connectivity index (χ3v) is 6.48. The van der Waals surface area contributed by atoms with Crippen molar-refractivity contribution in [2.24, 2.45) is 11.7 Å². The van der Waals surface area contributed by atoms with E-state index >= 15 is 0 Å². The summed E-state index contributed by atoms with van der Waals surface area (Å²) in [6.45, 7) is 1.97. The van der Waals surface area contributed by atoms with Gasteiger partial charge in [0.15, 0.2) is 0 Å². The highest BCUT2D eigenvalue weighted by Gasteiger charge is 2.24. The number of carboxylic acid groups (broad SMARTS) is 1. The van der Waals surface area contributed by atoms with E-state index in [4.69, 9.17) is 5.73 Å². The summed E-state index contributed by atoms with van der Waals surface area (Å²) in [5.74, 6) is -1.44. The van der Waals surface area contributed by atoms with Crippen LogP contribution in [0, 0.1) is 11.7 Å². The first-order valence-corrected chi connectivity index (χ1v) is 11.2. The fourth-order valence-electron chi connectivity index (χ4n) is 3.81. The number of thiazole rings is 1. The normalized spacial score (nSPS) is 14.4. The van der Waals surface area contributed by atoms with Crippen molar-refractivity contribution in [2.75, 3.05) is 29.9 Å². The predicted molar refractivity (Wildman–Crippen MR) is 123 cm³/mol. The zero-order valence-electron chi connectivity index (χ0n) is 17.3. The van der Waals surface area contributed by atoms with E-state index in [1.807, 2.05) is 4.90 Å². The number of carbonyl (C=O) groups is 2. The molecule has 0 saturated carbocycles. The van der Waals surface area contributed by atoms with Crippen LogP contribution < -0.4 is 16.0 Å². The monoisotopic (exact) mass is 454 g/mol. The van der Waals surface area contributed by atoms with E-state index in [2.05, 4.69) is 10.3 Å². The first-order valence-electron chi connectivity index (χ1n) is 10.3. The van der Waals surface area contributed by atoms with Gasteiger partial charge in [0, 0.05) is 24.0 Å². The summed E-state index contributed by atoms with van der Waals surface area (Å²) >= 11 is 1.24. The first kappa shape index (κ1) is 21.9. The van der Waals surface area contributed by atoms with Crippen LogP contribution in [0.25, 0.3) is 10.6 Å². The van der Waals surface area contributed by atoms with E-state index in [1.54, 1.807) is 29.6 Å². The van der Waals surface area contributed by atoms with Crippen LogP contribution in [0.5, 0.6) is 0 Å². The number of hydrogen-bond acceptors (Lipinski definition) is 6. The second-order valence-electron chi connectivity index (χ2n) is 7.68. The number of nitrogens with one attached hydrogen (secondary N) is 1. The lowest BCUT2D eigenvalue weighted by Crippen LogP contribution is -2.37. The molecular weight excluding hydrogens is 431 g/mol. The zero-order chi connectivity index (χ0) is 22.7. The lowest BCUT2D eigenvalue weighted by Gasteiger charge is -2.34. The number of anilines is 2. The van der Waals surface area contributed by atoms with E-state index in [0.29, 0.717) is 47.5 Å². The van der Waals surface area contributed by atoms with Crippen molar-refractivity contribution in [1.29, 1.82) is 0 Å². The Bertz CT molecular complexity index is 1140. The number of aromatic carboxylic acids is 1. The van der Waals surface area contributed by atoms with E-state index in [1.165, 1.54) is 29.5 Å². The van der Waals surface area contributed by atoms with Gasteiger partial charge in [0.05, 0.1) is 16.9 Å². The van der Waals surface area contributed by atoms with Crippen molar-refractivity contribution in [3.63, 3.8) is 0 Å². The summed E-state index contributed by atoms with van der Waals surface area (Å²) in [6.07, 6.45) is 1.76. The van der Waals surface area contributed by atoms with E-state index < -0.39 is 17.7 Å². The van der Waals surface area contributed by atoms with Crippen molar-refractivity contribution in [3.8, 4) is 10.6 Å². The number of amides is 1. The Morgan fingerprint density at radius 1 is 1.22 bits per heavy atom. The van der Waals surface area contributed by atoms with Gasteiger partial charge in [-0.25, -0.2) is 14.2 Å². The van der Waals surface area contributed by atoms with Gasteiger partial charge < -0.3 is 21.1 Å². The number of rotatable bonds is 6. The van der Waals surface area contributed by atoms with Gasteiger partial charge in [0.25, 0.3) is 5.91 Å². The maximum atomic E-state index is 14.7. The van der Waals surface area contributed by atoms with Crippen molar-refractivity contribution in [2.45, 2.75) is 12.8 Å². The molecule has 4 rings (SSSR count). The highest BCUT2D eigenvalue weighted by Crippen LogP contribution is 2.33. The Hall–Kier alpha value is -3.30. The second kappa shape index (κ2) is 9.46. The molecule has 1 aromatic heterocycles. The average molecular weight is 455 g/mol. The van der Waals surface area contributed by atoms with Gasteiger partial charge in [-0.3, -0.25) is 4.79 Å². The molecule has 0 unspecified atom stereocenters. The van der Waals surface area contributed by atoms with Gasteiger partial charge in [-0.2, -0.15) is 0 Å². The topological polar surface area (TPSA) is 109 Å². The fraction of sp³-hybridized carbons (Fsp3) is 0.261. The second-order valence-corrected chi connectivity index (χ2v) is 8.54. The van der Waals surface area contributed by atoms with Gasteiger partial charge in [-0.1, -0.05) is 18.2 Å². The fourth-order valence-corrected chi connectivity index (χ4v) is 4.61. The van der Waals surface area contributed by atoms with Crippen LogP contribution in [0.3, 0.4) is 0 Å². The van der Waals surface area contributed by atoms with Gasteiger partial charge in [-0.15, -0.1) is 11.3 Å². The van der Waals surface area contributed by atoms with Gasteiger partial charge in [-0.05, 0) is 49.6 Å². The quantitative estimate of drug-likeness (QED) is 0.518. The smallest absolute Gasteiger partial charge is 0.335 e. The van der Waals surface area contributed by atoms with Crippen LogP contribution in [0.15, 0.2) is 47.8 Å². The van der Waals surface area contributed by atoms with E-state index in [9.17, 15) is 19.1 Å². The number of piperidine rings is 1. The molecule has 1 saturated heterocycles. The molecule has 0 atom stereocenters. The molecular formula is C23H23FN4O3S. The highest BCUT2D eigenvalue weighted by molar-refractivity contribution is 7.13. The van der Waals surface area contributed by atoms with Gasteiger partial charge >= 0.3 is 5.97 Å². The molecule has 3 aromatic rings. The van der Waals surface area contributed by atoms with Crippen molar-refractivity contribution < 1.29 is 19.1 Å². The summed E-state index contributed by atoms with van der Waals surface area (Å²) in [7, 11) is 0. The lowest BCUT2D eigenvalue weighted by atomic mass is 9.96. The number of carbonyl (C=O) groups excluding carboxylic acids is 1. The third kappa shape index (κ3) is 4.63. The van der Waals surface area contributed by atoms with Crippen molar-refractivity contribution in [3.05, 3.63) is 64.9 Å². The van der Waals surface area contributed by atoms with Crippen LogP contribution in [-0.4, -0.2) is 41.6 Å². The average Bonchev–Trinajstić information content (AvgIpc) is 3.30. The molecule has 0 radical (unpaired) electrons. The lowest BCUT2D eigenvalue weighted by molar-refractivity contribution is 0.0696. The Morgan fingerprint density at radius 3 is 2.69 bits per heavy atom. The molecule has 32 heavy (non-hydrogen) atoms. The standard InChI is InChI=1S/C23H23FN4O3S/c24-17-5-2-6-18(20(17)28-9-7-14(12-25)8-10-28)26-21(29)19-13-32-22(27-19)15-3-1-4-16(11-15)23(30)31/h1-6,11,13-14H,7-10,12,25H2,(H,26,29)(H,30,31). The van der Waals surface area contributed by atoms with E-state index in [0.717, 1.165) is 12.8 Å². The van der Waals surface area contributed by atoms with Gasteiger partial charge in [0.2, 0.25) is 0 Å². The minimum absolute atomic E-state index is 0.145. The highest BCUT2D eigenvalue weighted by atomic mass is 32.1. The predicted octanol–water partition coefficient (Wildman–Crippen LogP) is 4.07. The number of halogens is 1. The Labute approximate surface area is 188 Å². The number of hydrogen-bond donors (Lipinski definition) is 3. The Kier molecular flexibility index (Phi) is 6.48. The molecule has 4 N–H and O–H groups in total. The minimum atomic E-state index is -1.03. The number of carboxylic acids is 1. The molecule has 166 valence electrons. The first-order chi connectivity index (χ1) is 15.5. The summed E-state index contributed by atoms with van der Waals surface area (Å²) in [6, 6.07) is 11.0. The summed E-state index contributed by atoms with van der Waals surface area (Å²) in [5.41, 5.74) is 7.47. The molecule has 0 bridgehead atoms. The number of aromatic nitrogens is 1. The van der Waals surface area contributed by atoms with Gasteiger partial charge in [0.1, 0.15) is 16.5 Å². The number of para-hydroxylation sites is 1. The molecule has 1 aliphatic rings. The van der Waals surface area contributed by atoms with Crippen molar-refractivity contribution in [1.82, 2.24) is 4.98 Å². The maximum absolute atomic E-state index is 14.7. The largest absolute Gasteiger partial charge is 0.478 e. The molecule has 2 aromatic carbocycles. The van der Waals surface area contributed by atoms with Crippen molar-refractivity contribution >= 4 is 34.6 Å². The Balaban J connectivity index is 1.54. The molecule has 0 aliphatic carbocycles. The number of nitrogens with two attached hydrogens (primary N) is 1. The Morgan fingerprint density at radius 2 is 1.97 bits per heavy atom. The SMILES string of the molecule is NCC1CCN(c2c(F)cccc2NC(=O)c2csc(-c3cccc(C(=O)O)c3)n2)CC1. The number of benzene rings is 2. The van der Waals surface area contributed by atoms with E-state index in [-0.39, 0.29) is 11.3 Å². The van der Waals surface area contributed by atoms with Crippen LogP contribution in [0.1, 0.15) is 33.7 Å². The van der Waals surface area contributed by atoms with Crippen LogP contribution in [-0.2, 0) is 0 Å². The van der Waals surface area contributed by atoms with Crippen LogP contribution in [0.2, 0.25) is 0 Å².